The molecule has 0 aromatic heterocycles. The highest BCUT2D eigenvalue weighted by atomic mass is 28.4. The summed E-state index contributed by atoms with van der Waals surface area (Å²) in [6, 6.07) is 7.43. The molecule has 1 saturated heterocycles. The minimum Gasteiger partial charge on any atom is -0.396 e. The number of aliphatic hydroxyl groups excluding tert-OH is 1. The molecule has 1 aromatic carbocycles. The van der Waals surface area contributed by atoms with Gasteiger partial charge in [0.05, 0.1) is 6.10 Å². The van der Waals surface area contributed by atoms with Crippen LogP contribution in [0.5, 0.6) is 0 Å². The summed E-state index contributed by atoms with van der Waals surface area (Å²) in [7, 11) is -3.05. The molecule has 1 spiro atoms. The van der Waals surface area contributed by atoms with Crippen LogP contribution >= 0.6 is 0 Å². The number of fused-ring (bicyclic) bond motifs is 2. The summed E-state index contributed by atoms with van der Waals surface area (Å²) in [5, 5.41) is 12.2. The van der Waals surface area contributed by atoms with Gasteiger partial charge in [-0.3, -0.25) is 4.79 Å². The standard InChI is InChI=1S/C16H22FNO3Si/c1-10-14(22(2,3)17)13(8-9-19)21-16(10)11-6-4-5-7-12(11)18-15(16)20/h4-7,10,13-14,19H,8-9H2,1-3H3,(H,18,20)/t10-,13+,14-,16+/m1/s1. The first-order valence-electron chi connectivity index (χ1n) is 7.71. The molecule has 0 saturated carbocycles. The van der Waals surface area contributed by atoms with E-state index in [-0.39, 0.29) is 24.0 Å². The van der Waals surface area contributed by atoms with Crippen molar-refractivity contribution in [2.24, 2.45) is 5.92 Å². The van der Waals surface area contributed by atoms with Crippen LogP contribution in [0.1, 0.15) is 18.9 Å². The van der Waals surface area contributed by atoms with Crippen LogP contribution in [-0.2, 0) is 15.1 Å². The predicted molar refractivity (Wildman–Crippen MR) is 84.8 cm³/mol. The van der Waals surface area contributed by atoms with E-state index in [1.54, 1.807) is 13.1 Å². The van der Waals surface area contributed by atoms with Crippen LogP contribution in [0.15, 0.2) is 24.3 Å². The molecule has 2 aliphatic heterocycles. The lowest BCUT2D eigenvalue weighted by Crippen LogP contribution is -2.41. The van der Waals surface area contributed by atoms with E-state index in [9.17, 15) is 14.0 Å². The van der Waals surface area contributed by atoms with Gasteiger partial charge in [-0.15, -0.1) is 0 Å². The number of nitrogens with one attached hydrogen (secondary N) is 1. The monoisotopic (exact) mass is 323 g/mol. The van der Waals surface area contributed by atoms with Crippen LogP contribution in [0.25, 0.3) is 0 Å². The second kappa shape index (κ2) is 5.14. The van der Waals surface area contributed by atoms with Crippen LogP contribution < -0.4 is 5.32 Å². The Balaban J connectivity index is 2.10. The van der Waals surface area contributed by atoms with Crippen molar-refractivity contribution in [3.05, 3.63) is 29.8 Å². The number of carbonyl (C=O) groups is 1. The molecule has 120 valence electrons. The summed E-state index contributed by atoms with van der Waals surface area (Å²) in [4.78, 5) is 12.7. The molecule has 4 atom stereocenters. The number of halogens is 1. The van der Waals surface area contributed by atoms with Crippen LogP contribution in [0.4, 0.5) is 9.80 Å². The number of para-hydroxylation sites is 1. The first-order valence-corrected chi connectivity index (χ1v) is 10.7. The Morgan fingerprint density at radius 2 is 2.09 bits per heavy atom. The SMILES string of the molecule is C[C@@H]1[C@@H]([Si](C)(C)F)[C@H](CCO)O[C@@]12C(=O)Nc1ccccc12. The van der Waals surface area contributed by atoms with E-state index in [1.807, 2.05) is 31.2 Å². The zero-order valence-corrected chi connectivity index (χ0v) is 14.1. The van der Waals surface area contributed by atoms with Gasteiger partial charge in [-0.2, -0.15) is 0 Å². The van der Waals surface area contributed by atoms with Crippen LogP contribution in [-0.4, -0.2) is 32.1 Å². The van der Waals surface area contributed by atoms with Gasteiger partial charge in [-0.25, -0.2) is 0 Å². The molecule has 1 amide bonds. The molecule has 3 rings (SSSR count). The van der Waals surface area contributed by atoms with Gasteiger partial charge in [0.2, 0.25) is 8.41 Å². The summed E-state index contributed by atoms with van der Waals surface area (Å²) >= 11 is 0. The van der Waals surface area contributed by atoms with Gasteiger partial charge < -0.3 is 19.3 Å². The second-order valence-corrected chi connectivity index (χ2v) is 10.6. The van der Waals surface area contributed by atoms with Gasteiger partial charge in [0.1, 0.15) is 0 Å². The van der Waals surface area contributed by atoms with Crippen molar-refractivity contribution in [2.75, 3.05) is 11.9 Å². The fourth-order valence-electron chi connectivity index (χ4n) is 4.22. The maximum Gasteiger partial charge on any atom is 0.261 e. The lowest BCUT2D eigenvalue weighted by molar-refractivity contribution is -0.143. The number of benzene rings is 1. The first-order chi connectivity index (χ1) is 10.3. The van der Waals surface area contributed by atoms with Crippen LogP contribution in [0, 0.1) is 5.92 Å². The largest absolute Gasteiger partial charge is 0.396 e. The summed E-state index contributed by atoms with van der Waals surface area (Å²) in [6.07, 6.45) is -0.0735. The maximum absolute atomic E-state index is 14.9. The van der Waals surface area contributed by atoms with E-state index in [0.717, 1.165) is 11.3 Å². The van der Waals surface area contributed by atoms with Crippen molar-refractivity contribution in [2.45, 2.75) is 43.7 Å². The normalized spacial score (nSPS) is 34.0. The third-order valence-corrected chi connectivity index (χ3v) is 7.49. The fourth-order valence-corrected chi connectivity index (χ4v) is 6.76. The van der Waals surface area contributed by atoms with E-state index in [4.69, 9.17) is 4.74 Å². The number of rotatable bonds is 3. The van der Waals surface area contributed by atoms with Crippen molar-refractivity contribution in [3.8, 4) is 0 Å². The Hall–Kier alpha value is -1.24. The molecule has 1 aromatic rings. The summed E-state index contributed by atoms with van der Waals surface area (Å²) < 4.78 is 21.1. The Morgan fingerprint density at radius 3 is 2.73 bits per heavy atom. The molecule has 4 nitrogen and oxygen atoms in total. The van der Waals surface area contributed by atoms with Crippen molar-refractivity contribution in [1.29, 1.82) is 0 Å². The molecule has 0 radical (unpaired) electrons. The Morgan fingerprint density at radius 1 is 1.41 bits per heavy atom. The molecule has 2 aliphatic rings. The number of hydrogen-bond donors (Lipinski definition) is 2. The van der Waals surface area contributed by atoms with E-state index < -0.39 is 20.1 Å². The summed E-state index contributed by atoms with van der Waals surface area (Å²) in [5.41, 5.74) is 0.0751. The van der Waals surface area contributed by atoms with E-state index in [1.165, 1.54) is 0 Å². The van der Waals surface area contributed by atoms with Crippen LogP contribution in [0.2, 0.25) is 18.6 Å². The number of anilines is 1. The van der Waals surface area contributed by atoms with Gasteiger partial charge in [0.15, 0.2) is 5.60 Å². The van der Waals surface area contributed by atoms with Crippen molar-refractivity contribution in [1.82, 2.24) is 0 Å². The quantitative estimate of drug-likeness (QED) is 0.664. The topological polar surface area (TPSA) is 58.6 Å². The average molecular weight is 323 g/mol. The van der Waals surface area contributed by atoms with Crippen molar-refractivity contribution >= 4 is 20.0 Å². The summed E-state index contributed by atoms with van der Waals surface area (Å²) in [6.45, 7) is 5.13. The zero-order chi connectivity index (χ0) is 16.1. The number of hydrogen-bond acceptors (Lipinski definition) is 3. The summed E-state index contributed by atoms with van der Waals surface area (Å²) in [5.74, 6) is -0.482. The van der Waals surface area contributed by atoms with Gasteiger partial charge in [0.25, 0.3) is 5.91 Å². The molecular weight excluding hydrogens is 301 g/mol. The molecule has 0 unspecified atom stereocenters. The zero-order valence-electron chi connectivity index (χ0n) is 13.1. The minimum absolute atomic E-state index is 0.0717. The smallest absolute Gasteiger partial charge is 0.261 e. The lowest BCUT2D eigenvalue weighted by Gasteiger charge is -2.30. The lowest BCUT2D eigenvalue weighted by atomic mass is 9.82. The third kappa shape index (κ3) is 2.05. The van der Waals surface area contributed by atoms with Crippen molar-refractivity contribution in [3.63, 3.8) is 0 Å². The molecule has 6 heteroatoms. The molecule has 2 N–H and O–H groups in total. The Kier molecular flexibility index (Phi) is 3.66. The first kappa shape index (κ1) is 15.6. The highest BCUT2D eigenvalue weighted by molar-refractivity contribution is 6.72. The molecule has 0 aliphatic carbocycles. The second-order valence-electron chi connectivity index (χ2n) is 6.78. The van der Waals surface area contributed by atoms with Gasteiger partial charge in [-0.1, -0.05) is 25.1 Å². The fraction of sp³-hybridized carbons (Fsp3) is 0.562. The molecular formula is C16H22FNO3Si. The van der Waals surface area contributed by atoms with Gasteiger partial charge in [-0.05, 0) is 25.6 Å². The predicted octanol–water partition coefficient (Wildman–Crippen LogP) is 2.80. The van der Waals surface area contributed by atoms with Gasteiger partial charge >= 0.3 is 0 Å². The molecule has 1 fully saturated rings. The van der Waals surface area contributed by atoms with Crippen LogP contribution in [0.3, 0.4) is 0 Å². The van der Waals surface area contributed by atoms with Crippen molar-refractivity contribution < 1.29 is 18.7 Å². The number of amides is 1. The highest BCUT2D eigenvalue weighted by Crippen LogP contribution is 2.58. The average Bonchev–Trinajstić information content (AvgIpc) is 2.88. The molecule has 2 heterocycles. The van der Waals surface area contributed by atoms with E-state index in [2.05, 4.69) is 5.32 Å². The maximum atomic E-state index is 14.9. The number of carbonyl (C=O) groups excluding carboxylic acids is 1. The Labute approximate surface area is 130 Å². The van der Waals surface area contributed by atoms with E-state index in [0.29, 0.717) is 6.42 Å². The molecule has 22 heavy (non-hydrogen) atoms. The Bertz CT molecular complexity index is 603. The third-order valence-electron chi connectivity index (χ3n) is 5.04. The highest BCUT2D eigenvalue weighted by Gasteiger charge is 2.64. The number of aliphatic hydroxyl groups is 1. The number of ether oxygens (including phenoxy) is 1. The minimum atomic E-state index is -3.05. The molecule has 0 bridgehead atoms. The van der Waals surface area contributed by atoms with Gasteiger partial charge in [0, 0.05) is 29.3 Å². The van der Waals surface area contributed by atoms with E-state index >= 15 is 0 Å².